The lowest BCUT2D eigenvalue weighted by Crippen LogP contribution is -2.09. The van der Waals surface area contributed by atoms with Crippen LogP contribution in [0, 0.1) is 5.92 Å². The molecule has 3 rings (SSSR count). The van der Waals surface area contributed by atoms with E-state index >= 15 is 0 Å². The van der Waals surface area contributed by atoms with Crippen LogP contribution in [-0.2, 0) is 6.42 Å². The lowest BCUT2D eigenvalue weighted by molar-refractivity contribution is 0.419. The van der Waals surface area contributed by atoms with Crippen molar-refractivity contribution in [2.45, 2.75) is 51.9 Å². The number of aryl methyl sites for hydroxylation is 1. The summed E-state index contributed by atoms with van der Waals surface area (Å²) in [4.78, 5) is 4.61. The highest BCUT2D eigenvalue weighted by Crippen LogP contribution is 2.37. The molecule has 1 aliphatic rings. The number of rotatable bonds is 4. The van der Waals surface area contributed by atoms with E-state index in [4.69, 9.17) is 11.6 Å². The fourth-order valence-electron chi connectivity index (χ4n) is 2.51. The van der Waals surface area contributed by atoms with Crippen LogP contribution < -0.4 is 0 Å². The lowest BCUT2D eigenvalue weighted by Gasteiger charge is -2.25. The van der Waals surface area contributed by atoms with Crippen molar-refractivity contribution < 1.29 is 0 Å². The molecule has 2 aromatic rings. The Hall–Kier alpha value is -1.09. The predicted octanol–water partition coefficient (Wildman–Crippen LogP) is 4.24. The summed E-state index contributed by atoms with van der Waals surface area (Å²) in [5, 5.41) is 5.19. The molecule has 0 spiro atoms. The summed E-state index contributed by atoms with van der Waals surface area (Å²) in [6, 6.07) is 4.21. The first kappa shape index (κ1) is 12.9. The van der Waals surface area contributed by atoms with E-state index < -0.39 is 0 Å². The van der Waals surface area contributed by atoms with Gasteiger partial charge in [-0.15, -0.1) is 5.10 Å². The summed E-state index contributed by atoms with van der Waals surface area (Å²) in [7, 11) is 0. The van der Waals surface area contributed by atoms with Gasteiger partial charge in [0.1, 0.15) is 5.15 Å². The molecule has 0 aromatic carbocycles. The molecular formula is C15H20ClN3. The van der Waals surface area contributed by atoms with Crippen LogP contribution in [0.15, 0.2) is 12.1 Å². The first-order valence-corrected chi connectivity index (χ1v) is 7.56. The fourth-order valence-corrected chi connectivity index (χ4v) is 2.76. The molecule has 19 heavy (non-hydrogen) atoms. The third-order valence-corrected chi connectivity index (χ3v) is 4.25. The molecule has 0 N–H and O–H groups in total. The van der Waals surface area contributed by atoms with Crippen molar-refractivity contribution in [2.75, 3.05) is 0 Å². The van der Waals surface area contributed by atoms with Gasteiger partial charge in [-0.2, -0.15) is 0 Å². The van der Waals surface area contributed by atoms with Crippen molar-refractivity contribution in [1.82, 2.24) is 14.6 Å². The first-order chi connectivity index (χ1) is 9.13. The fraction of sp³-hybridized carbons (Fsp3) is 0.600. The van der Waals surface area contributed by atoms with Crippen LogP contribution in [0.1, 0.15) is 56.8 Å². The highest BCUT2D eigenvalue weighted by molar-refractivity contribution is 6.29. The number of hydrogen-bond acceptors (Lipinski definition) is 2. The van der Waals surface area contributed by atoms with E-state index in [0.29, 0.717) is 17.0 Å². The average molecular weight is 278 g/mol. The molecule has 0 unspecified atom stereocenters. The molecule has 0 amide bonds. The normalized spacial score (nSPS) is 16.2. The molecule has 0 atom stereocenters. The highest BCUT2D eigenvalue weighted by Gasteiger charge is 2.21. The summed E-state index contributed by atoms with van der Waals surface area (Å²) >= 11 is 6.32. The van der Waals surface area contributed by atoms with Gasteiger partial charge in [-0.3, -0.25) is 0 Å². The molecule has 0 radical (unpaired) electrons. The number of hydrogen-bond donors (Lipinski definition) is 0. The molecule has 0 aliphatic heterocycles. The Labute approximate surface area is 119 Å². The highest BCUT2D eigenvalue weighted by atomic mass is 35.5. The van der Waals surface area contributed by atoms with Gasteiger partial charge in [-0.1, -0.05) is 31.9 Å². The Balaban J connectivity index is 1.90. The first-order valence-electron chi connectivity index (χ1n) is 7.18. The number of aromatic nitrogens is 3. The van der Waals surface area contributed by atoms with Crippen LogP contribution in [0.2, 0.25) is 5.15 Å². The van der Waals surface area contributed by atoms with Crippen LogP contribution in [0.25, 0.3) is 5.65 Å². The Bertz CT molecular complexity index is 584. The zero-order valence-corrected chi connectivity index (χ0v) is 12.3. The maximum atomic E-state index is 6.32. The van der Waals surface area contributed by atoms with Crippen molar-refractivity contribution in [3.63, 3.8) is 0 Å². The summed E-state index contributed by atoms with van der Waals surface area (Å²) in [6.45, 7) is 4.44. The SMILES string of the molecule is CC(C)CCc1nc2cc(C3CCC3)cc(Cl)n2n1. The Kier molecular flexibility index (Phi) is 3.48. The van der Waals surface area contributed by atoms with Crippen molar-refractivity contribution in [3.8, 4) is 0 Å². The zero-order valence-electron chi connectivity index (χ0n) is 11.6. The van der Waals surface area contributed by atoms with Crippen molar-refractivity contribution >= 4 is 17.2 Å². The average Bonchev–Trinajstić information content (AvgIpc) is 2.67. The van der Waals surface area contributed by atoms with Crippen LogP contribution in [0.5, 0.6) is 0 Å². The summed E-state index contributed by atoms with van der Waals surface area (Å²) in [5.74, 6) is 2.26. The van der Waals surface area contributed by atoms with Crippen LogP contribution in [0.4, 0.5) is 0 Å². The van der Waals surface area contributed by atoms with Crippen molar-refractivity contribution in [3.05, 3.63) is 28.7 Å². The van der Waals surface area contributed by atoms with Gasteiger partial charge < -0.3 is 0 Å². The van der Waals surface area contributed by atoms with Gasteiger partial charge >= 0.3 is 0 Å². The molecule has 0 saturated heterocycles. The summed E-state index contributed by atoms with van der Waals surface area (Å²) in [6.07, 6.45) is 5.93. The monoisotopic (exact) mass is 277 g/mol. The molecule has 4 heteroatoms. The van der Waals surface area contributed by atoms with E-state index in [1.54, 1.807) is 4.52 Å². The minimum Gasteiger partial charge on any atom is -0.212 e. The second-order valence-corrected chi connectivity index (χ2v) is 6.36. The second kappa shape index (κ2) is 5.12. The maximum absolute atomic E-state index is 6.32. The Morgan fingerprint density at radius 3 is 2.79 bits per heavy atom. The van der Waals surface area contributed by atoms with Gasteiger partial charge in [0.25, 0.3) is 0 Å². The largest absolute Gasteiger partial charge is 0.212 e. The Morgan fingerprint density at radius 1 is 1.37 bits per heavy atom. The van der Waals surface area contributed by atoms with Crippen LogP contribution >= 0.6 is 11.6 Å². The molecule has 1 aliphatic carbocycles. The molecule has 1 fully saturated rings. The third kappa shape index (κ3) is 2.62. The van der Waals surface area contributed by atoms with Gasteiger partial charge in [0.2, 0.25) is 0 Å². The van der Waals surface area contributed by atoms with Crippen LogP contribution in [0.3, 0.4) is 0 Å². The zero-order chi connectivity index (χ0) is 13.4. The lowest BCUT2D eigenvalue weighted by atomic mass is 9.80. The number of nitrogens with zero attached hydrogens (tertiary/aromatic N) is 3. The molecular weight excluding hydrogens is 258 g/mol. The van der Waals surface area contributed by atoms with E-state index in [-0.39, 0.29) is 0 Å². The van der Waals surface area contributed by atoms with Gasteiger partial charge in [0.05, 0.1) is 0 Å². The third-order valence-electron chi connectivity index (χ3n) is 3.98. The van der Waals surface area contributed by atoms with E-state index in [1.807, 2.05) is 0 Å². The molecule has 0 bridgehead atoms. The van der Waals surface area contributed by atoms with Crippen molar-refractivity contribution in [2.24, 2.45) is 5.92 Å². The number of halogens is 1. The van der Waals surface area contributed by atoms with Crippen LogP contribution in [-0.4, -0.2) is 14.6 Å². The van der Waals surface area contributed by atoms with Crippen molar-refractivity contribution in [1.29, 1.82) is 0 Å². The van der Waals surface area contributed by atoms with Gasteiger partial charge in [0, 0.05) is 6.42 Å². The van der Waals surface area contributed by atoms with E-state index in [1.165, 1.54) is 24.8 Å². The van der Waals surface area contributed by atoms with Gasteiger partial charge in [0.15, 0.2) is 11.5 Å². The van der Waals surface area contributed by atoms with E-state index in [0.717, 1.165) is 24.3 Å². The minimum atomic E-state index is 0.674. The Morgan fingerprint density at radius 2 is 2.16 bits per heavy atom. The molecule has 3 nitrogen and oxygen atoms in total. The molecule has 102 valence electrons. The molecule has 2 aromatic heterocycles. The predicted molar refractivity (Wildman–Crippen MR) is 77.7 cm³/mol. The molecule has 2 heterocycles. The standard InChI is InChI=1S/C15H20ClN3/c1-10(2)6-7-14-17-15-9-12(11-4-3-5-11)8-13(16)19(15)18-14/h8-11H,3-7H2,1-2H3. The molecule has 1 saturated carbocycles. The number of fused-ring (bicyclic) bond motifs is 1. The van der Waals surface area contributed by atoms with E-state index in [2.05, 4.69) is 36.1 Å². The number of pyridine rings is 1. The van der Waals surface area contributed by atoms with Gasteiger partial charge in [-0.25, -0.2) is 9.50 Å². The van der Waals surface area contributed by atoms with Gasteiger partial charge in [-0.05, 0) is 48.8 Å². The smallest absolute Gasteiger partial charge is 0.157 e. The second-order valence-electron chi connectivity index (χ2n) is 5.97. The minimum absolute atomic E-state index is 0.674. The quantitative estimate of drug-likeness (QED) is 0.783. The summed E-state index contributed by atoms with van der Waals surface area (Å²) in [5.41, 5.74) is 2.22. The topological polar surface area (TPSA) is 30.2 Å². The van der Waals surface area contributed by atoms with E-state index in [9.17, 15) is 0 Å². The maximum Gasteiger partial charge on any atom is 0.157 e. The summed E-state index contributed by atoms with van der Waals surface area (Å²) < 4.78 is 1.76.